The number of carboxylic acids is 1. The summed E-state index contributed by atoms with van der Waals surface area (Å²) in [5.74, 6) is -1.39. The number of nitrogens with one attached hydrogen (secondary N) is 1. The van der Waals surface area contributed by atoms with Crippen molar-refractivity contribution >= 4 is 40.8 Å². The molecule has 0 spiro atoms. The molecule has 1 unspecified atom stereocenters. The molecule has 11 heteroatoms. The molecule has 0 bridgehead atoms. The normalized spacial score (nSPS) is 11.9. The van der Waals surface area contributed by atoms with E-state index < -0.39 is 23.7 Å². The predicted octanol–water partition coefficient (Wildman–Crippen LogP) is 5.17. The second-order valence-electron chi connectivity index (χ2n) is 5.71. The highest BCUT2D eigenvalue weighted by atomic mass is 35.5. The van der Waals surface area contributed by atoms with E-state index in [1.165, 1.54) is 7.05 Å². The summed E-state index contributed by atoms with van der Waals surface area (Å²) in [6.45, 7) is 4.53. The number of rotatable bonds is 7. The van der Waals surface area contributed by atoms with Crippen LogP contribution in [0, 0.1) is 0 Å². The zero-order valence-electron chi connectivity index (χ0n) is 15.3. The van der Waals surface area contributed by atoms with Gasteiger partial charge in [0.1, 0.15) is 11.3 Å². The molecule has 28 heavy (non-hydrogen) atoms. The number of hydrogen-bond donors (Lipinski definition) is 2. The summed E-state index contributed by atoms with van der Waals surface area (Å²) in [4.78, 5) is 15.5. The van der Waals surface area contributed by atoms with Crippen LogP contribution in [0.5, 0.6) is 0 Å². The van der Waals surface area contributed by atoms with Crippen molar-refractivity contribution < 1.29 is 23.5 Å². The molecule has 1 atom stereocenters. The van der Waals surface area contributed by atoms with E-state index >= 15 is 0 Å². The van der Waals surface area contributed by atoms with Crippen molar-refractivity contribution in [2.24, 2.45) is 7.05 Å². The molecule has 6 nitrogen and oxygen atoms in total. The number of hydrogen-bond acceptors (Lipinski definition) is 4. The molecule has 2 rings (SSSR count). The number of carbonyl (C=O) groups is 1. The zero-order valence-corrected chi connectivity index (χ0v) is 17.6. The Morgan fingerprint density at radius 3 is 2.32 bits per heavy atom. The van der Waals surface area contributed by atoms with Crippen LogP contribution in [-0.2, 0) is 18.3 Å². The molecule has 156 valence electrons. The lowest BCUT2D eigenvalue weighted by Gasteiger charge is -2.15. The number of alkyl halides is 2. The Morgan fingerprint density at radius 1 is 1.32 bits per heavy atom. The molecule has 0 saturated heterocycles. The van der Waals surface area contributed by atoms with Gasteiger partial charge in [-0.1, -0.05) is 34.8 Å². The van der Waals surface area contributed by atoms with Gasteiger partial charge in [0.05, 0.1) is 6.61 Å². The molecule has 0 fully saturated rings. The lowest BCUT2D eigenvalue weighted by atomic mass is 10.1. The van der Waals surface area contributed by atoms with Crippen molar-refractivity contribution in [1.29, 1.82) is 0 Å². The number of aryl methyl sites for hydroxylation is 1. The van der Waals surface area contributed by atoms with E-state index in [2.05, 4.69) is 10.6 Å². The number of halogens is 5. The first kappa shape index (κ1) is 24.6. The summed E-state index contributed by atoms with van der Waals surface area (Å²) in [6.07, 6.45) is -1.11. The van der Waals surface area contributed by atoms with Gasteiger partial charge in [-0.2, -0.15) is 10.6 Å². The van der Waals surface area contributed by atoms with E-state index in [9.17, 15) is 13.6 Å². The van der Waals surface area contributed by atoms with E-state index in [4.69, 9.17) is 44.7 Å². The van der Waals surface area contributed by atoms with Gasteiger partial charge in [-0.25, -0.2) is 13.6 Å². The Kier molecular flexibility index (Phi) is 10.1. The monoisotopic (exact) mass is 457 g/mol. The fourth-order valence-corrected chi connectivity index (χ4v) is 3.14. The van der Waals surface area contributed by atoms with Crippen LogP contribution in [0.1, 0.15) is 41.9 Å². The molecular weight excluding hydrogens is 439 g/mol. The van der Waals surface area contributed by atoms with Crippen molar-refractivity contribution in [2.75, 3.05) is 6.61 Å². The molecule has 1 aromatic carbocycles. The minimum absolute atomic E-state index is 0.135. The molecule has 0 aliphatic heterocycles. The van der Waals surface area contributed by atoms with Crippen LogP contribution in [0.4, 0.5) is 8.78 Å². The minimum Gasteiger partial charge on any atom is -0.478 e. The Morgan fingerprint density at radius 2 is 1.89 bits per heavy atom. The Labute approximate surface area is 176 Å². The number of aromatic carboxylic acids is 1. The average molecular weight is 459 g/mol. The Bertz CT molecular complexity index is 780. The van der Waals surface area contributed by atoms with Gasteiger partial charge < -0.3 is 9.94 Å². The van der Waals surface area contributed by atoms with Gasteiger partial charge in [0.15, 0.2) is 0 Å². The third-order valence-electron chi connectivity index (χ3n) is 3.34. The fourth-order valence-electron chi connectivity index (χ4n) is 2.17. The number of nitrogens with zero attached hydrogens (tertiary/aromatic N) is 2. The van der Waals surface area contributed by atoms with Crippen LogP contribution < -0.4 is 5.48 Å². The third-order valence-corrected chi connectivity index (χ3v) is 4.23. The number of carboxylic acid groups (broad SMARTS) is 1. The van der Waals surface area contributed by atoms with Gasteiger partial charge in [0.25, 0.3) is 6.43 Å². The van der Waals surface area contributed by atoms with E-state index in [1.807, 2.05) is 13.8 Å². The topological polar surface area (TPSA) is 76.4 Å². The smallest absolute Gasteiger partial charge is 0.339 e. The SMILES string of the molecule is CCONC(C)Cc1c(Cl)cc(Cl)cc1Cl.Cn1cc(C(=O)O)c(C(F)F)n1. The van der Waals surface area contributed by atoms with Gasteiger partial charge in [-0.3, -0.25) is 4.68 Å². The number of aromatic nitrogens is 2. The zero-order chi connectivity index (χ0) is 21.4. The van der Waals surface area contributed by atoms with E-state index in [-0.39, 0.29) is 6.04 Å². The van der Waals surface area contributed by atoms with Crippen molar-refractivity contribution in [3.8, 4) is 0 Å². The van der Waals surface area contributed by atoms with Crippen LogP contribution in [0.2, 0.25) is 15.1 Å². The molecule has 0 amide bonds. The van der Waals surface area contributed by atoms with Crippen LogP contribution in [-0.4, -0.2) is 33.5 Å². The molecule has 0 radical (unpaired) electrons. The molecule has 1 aromatic heterocycles. The summed E-state index contributed by atoms with van der Waals surface area (Å²) in [5, 5.41) is 13.5. The molecule has 0 aliphatic carbocycles. The van der Waals surface area contributed by atoms with E-state index in [0.29, 0.717) is 28.1 Å². The number of benzene rings is 1. The largest absolute Gasteiger partial charge is 0.478 e. The van der Waals surface area contributed by atoms with Gasteiger partial charge in [-0.15, -0.1) is 0 Å². The Hall–Kier alpha value is -1.45. The Balaban J connectivity index is 0.000000292. The lowest BCUT2D eigenvalue weighted by molar-refractivity contribution is 0.0290. The second kappa shape index (κ2) is 11.5. The average Bonchev–Trinajstić information content (AvgIpc) is 2.99. The second-order valence-corrected chi connectivity index (χ2v) is 6.96. The van der Waals surface area contributed by atoms with Crippen molar-refractivity contribution in [1.82, 2.24) is 15.3 Å². The maximum Gasteiger partial charge on any atom is 0.339 e. The summed E-state index contributed by atoms with van der Waals surface area (Å²) < 4.78 is 25.2. The molecule has 2 aromatic rings. The third kappa shape index (κ3) is 7.52. The van der Waals surface area contributed by atoms with Gasteiger partial charge >= 0.3 is 5.97 Å². The lowest BCUT2D eigenvalue weighted by Crippen LogP contribution is -2.28. The highest BCUT2D eigenvalue weighted by Gasteiger charge is 2.21. The van der Waals surface area contributed by atoms with Crippen molar-refractivity contribution in [3.63, 3.8) is 0 Å². The van der Waals surface area contributed by atoms with Crippen LogP contribution in [0.15, 0.2) is 18.3 Å². The summed E-state index contributed by atoms with van der Waals surface area (Å²) in [6, 6.07) is 3.52. The molecule has 0 saturated carbocycles. The first-order chi connectivity index (χ1) is 13.1. The highest BCUT2D eigenvalue weighted by molar-refractivity contribution is 6.39. The molecular formula is C17H20Cl3F2N3O3. The van der Waals surface area contributed by atoms with E-state index in [0.717, 1.165) is 16.4 Å². The maximum absolute atomic E-state index is 12.1. The summed E-state index contributed by atoms with van der Waals surface area (Å²) in [7, 11) is 1.39. The van der Waals surface area contributed by atoms with Crippen molar-refractivity contribution in [3.05, 3.63) is 50.2 Å². The van der Waals surface area contributed by atoms with E-state index in [1.54, 1.807) is 12.1 Å². The maximum atomic E-state index is 12.1. The first-order valence-corrected chi connectivity index (χ1v) is 9.25. The van der Waals surface area contributed by atoms with Crippen molar-refractivity contribution in [2.45, 2.75) is 32.7 Å². The first-order valence-electron chi connectivity index (χ1n) is 8.12. The van der Waals surface area contributed by atoms with Gasteiger partial charge in [0.2, 0.25) is 0 Å². The standard InChI is InChI=1S/C11H14Cl3NO.C6H6F2N2O2/c1-3-16-15-7(2)4-9-10(13)5-8(12)6-11(9)14;1-10-2-3(6(11)12)4(9-10)5(7)8/h5-7,15H,3-4H2,1-2H3;2,5H,1H3,(H,11,12). The summed E-state index contributed by atoms with van der Waals surface area (Å²) in [5.41, 5.74) is 2.64. The highest BCUT2D eigenvalue weighted by Crippen LogP contribution is 2.29. The predicted molar refractivity (Wildman–Crippen MR) is 105 cm³/mol. The van der Waals surface area contributed by atoms with Gasteiger partial charge in [0, 0.05) is 34.4 Å². The number of hydroxylamine groups is 1. The van der Waals surface area contributed by atoms with Crippen LogP contribution in [0.3, 0.4) is 0 Å². The molecule has 2 N–H and O–H groups in total. The van der Waals surface area contributed by atoms with Crippen LogP contribution >= 0.6 is 34.8 Å². The molecule has 1 heterocycles. The van der Waals surface area contributed by atoms with Gasteiger partial charge in [-0.05, 0) is 38.0 Å². The minimum atomic E-state index is -2.85. The molecule has 0 aliphatic rings. The fraction of sp³-hybridized carbons (Fsp3) is 0.412. The van der Waals surface area contributed by atoms with Crippen LogP contribution in [0.25, 0.3) is 0 Å². The summed E-state index contributed by atoms with van der Waals surface area (Å²) >= 11 is 18.0. The quantitative estimate of drug-likeness (QED) is 0.560.